The molecule has 0 bridgehead atoms. The molecular formula is C13H20N2O4S. The van der Waals surface area contributed by atoms with Gasteiger partial charge in [0.15, 0.2) is 0 Å². The van der Waals surface area contributed by atoms with Gasteiger partial charge >= 0.3 is 0 Å². The van der Waals surface area contributed by atoms with Crippen molar-refractivity contribution >= 4 is 23.2 Å². The van der Waals surface area contributed by atoms with Crippen molar-refractivity contribution in [3.05, 3.63) is 22.4 Å². The van der Waals surface area contributed by atoms with Gasteiger partial charge in [-0.05, 0) is 11.4 Å². The molecule has 7 heteroatoms. The number of rotatable bonds is 8. The fourth-order valence-electron chi connectivity index (χ4n) is 1.70. The number of carbonyl (C=O) groups is 2. The van der Waals surface area contributed by atoms with Crippen LogP contribution in [0.25, 0.3) is 0 Å². The van der Waals surface area contributed by atoms with Crippen molar-refractivity contribution in [2.75, 3.05) is 20.3 Å². The standard InChI is InChI=1S/C13H20N2O4S/c1-9(16)15-11(12-4-3-5-20-12)6-13(18)14-7-10(17)8-19-2/h3-5,10-11,17H,6-8H2,1-2H3,(H,14,18)(H,15,16). The lowest BCUT2D eigenvalue weighted by Gasteiger charge is -2.17. The normalized spacial score (nSPS) is 13.6. The predicted molar refractivity (Wildman–Crippen MR) is 76.4 cm³/mol. The summed E-state index contributed by atoms with van der Waals surface area (Å²) in [6.07, 6.45) is -0.593. The Morgan fingerprint density at radius 3 is 2.80 bits per heavy atom. The Balaban J connectivity index is 2.48. The molecule has 112 valence electrons. The lowest BCUT2D eigenvalue weighted by atomic mass is 10.1. The molecule has 0 saturated carbocycles. The van der Waals surface area contributed by atoms with Crippen LogP contribution in [-0.2, 0) is 14.3 Å². The summed E-state index contributed by atoms with van der Waals surface area (Å²) in [5, 5.41) is 16.7. The topological polar surface area (TPSA) is 87.7 Å². The molecule has 1 aromatic heterocycles. The van der Waals surface area contributed by atoms with Gasteiger partial charge in [0.1, 0.15) is 0 Å². The maximum Gasteiger partial charge on any atom is 0.222 e. The molecule has 1 heterocycles. The zero-order valence-corrected chi connectivity index (χ0v) is 12.4. The number of amides is 2. The molecule has 2 unspecified atom stereocenters. The Hall–Kier alpha value is -1.44. The molecule has 20 heavy (non-hydrogen) atoms. The van der Waals surface area contributed by atoms with Crippen molar-refractivity contribution in [2.45, 2.75) is 25.5 Å². The van der Waals surface area contributed by atoms with Gasteiger partial charge in [0.25, 0.3) is 0 Å². The Kier molecular flexibility index (Phi) is 7.21. The summed E-state index contributed by atoms with van der Waals surface area (Å²) in [5.74, 6) is -0.414. The zero-order chi connectivity index (χ0) is 15.0. The van der Waals surface area contributed by atoms with Gasteiger partial charge in [0.05, 0.1) is 25.2 Å². The predicted octanol–water partition coefficient (Wildman–Crippen LogP) is 0.439. The minimum Gasteiger partial charge on any atom is -0.389 e. The molecule has 0 aliphatic rings. The summed E-state index contributed by atoms with van der Waals surface area (Å²) in [4.78, 5) is 23.9. The van der Waals surface area contributed by atoms with E-state index in [-0.39, 0.29) is 37.4 Å². The molecule has 0 aliphatic carbocycles. The van der Waals surface area contributed by atoms with Gasteiger partial charge in [-0.3, -0.25) is 9.59 Å². The van der Waals surface area contributed by atoms with Crippen molar-refractivity contribution in [3.8, 4) is 0 Å². The van der Waals surface area contributed by atoms with Crippen LogP contribution < -0.4 is 10.6 Å². The summed E-state index contributed by atoms with van der Waals surface area (Å²) in [5.41, 5.74) is 0. The Labute approximate surface area is 122 Å². The number of aliphatic hydroxyl groups is 1. The van der Waals surface area contributed by atoms with Crippen molar-refractivity contribution < 1.29 is 19.4 Å². The molecular weight excluding hydrogens is 280 g/mol. The van der Waals surface area contributed by atoms with E-state index in [0.717, 1.165) is 4.88 Å². The minimum atomic E-state index is -0.732. The van der Waals surface area contributed by atoms with Crippen molar-refractivity contribution in [1.82, 2.24) is 10.6 Å². The first-order chi connectivity index (χ1) is 9.52. The number of carbonyl (C=O) groups excluding carboxylic acids is 2. The maximum atomic E-state index is 11.8. The van der Waals surface area contributed by atoms with Gasteiger partial charge in [0.2, 0.25) is 11.8 Å². The highest BCUT2D eigenvalue weighted by Gasteiger charge is 2.18. The van der Waals surface area contributed by atoms with Gasteiger partial charge in [-0.15, -0.1) is 11.3 Å². The Morgan fingerprint density at radius 1 is 1.50 bits per heavy atom. The van der Waals surface area contributed by atoms with E-state index in [4.69, 9.17) is 4.74 Å². The molecule has 0 aromatic carbocycles. The van der Waals surface area contributed by atoms with E-state index in [0.29, 0.717) is 0 Å². The van der Waals surface area contributed by atoms with Crippen LogP contribution in [0.2, 0.25) is 0 Å². The number of thiophene rings is 1. The average Bonchev–Trinajstić information content (AvgIpc) is 2.89. The number of hydrogen-bond donors (Lipinski definition) is 3. The highest BCUT2D eigenvalue weighted by atomic mass is 32.1. The molecule has 0 aliphatic heterocycles. The van der Waals surface area contributed by atoms with E-state index >= 15 is 0 Å². The summed E-state index contributed by atoms with van der Waals surface area (Å²) in [7, 11) is 1.48. The molecule has 0 spiro atoms. The largest absolute Gasteiger partial charge is 0.389 e. The second kappa shape index (κ2) is 8.68. The SMILES string of the molecule is COCC(O)CNC(=O)CC(NC(C)=O)c1cccs1. The fraction of sp³-hybridized carbons (Fsp3) is 0.538. The second-order valence-corrected chi connectivity index (χ2v) is 5.37. The van der Waals surface area contributed by atoms with Crippen molar-refractivity contribution in [3.63, 3.8) is 0 Å². The number of hydrogen-bond acceptors (Lipinski definition) is 5. The molecule has 6 nitrogen and oxygen atoms in total. The first-order valence-corrected chi connectivity index (χ1v) is 7.15. The molecule has 1 aromatic rings. The third-order valence-corrected chi connectivity index (χ3v) is 3.53. The lowest BCUT2D eigenvalue weighted by molar-refractivity contribution is -0.123. The molecule has 0 fully saturated rings. The van der Waals surface area contributed by atoms with Crippen LogP contribution in [0.4, 0.5) is 0 Å². The first-order valence-electron chi connectivity index (χ1n) is 6.27. The molecule has 3 N–H and O–H groups in total. The molecule has 1 rings (SSSR count). The van der Waals surface area contributed by atoms with Crippen LogP contribution in [0.1, 0.15) is 24.3 Å². The fourth-order valence-corrected chi connectivity index (χ4v) is 2.48. The van der Waals surface area contributed by atoms with Crippen LogP contribution in [0, 0.1) is 0 Å². The number of aliphatic hydroxyl groups excluding tert-OH is 1. The molecule has 2 atom stereocenters. The van der Waals surface area contributed by atoms with E-state index < -0.39 is 6.10 Å². The zero-order valence-electron chi connectivity index (χ0n) is 11.6. The molecule has 0 radical (unpaired) electrons. The quantitative estimate of drug-likeness (QED) is 0.650. The lowest BCUT2D eigenvalue weighted by Crippen LogP contribution is -2.37. The van der Waals surface area contributed by atoms with Crippen LogP contribution in [0.5, 0.6) is 0 Å². The molecule has 0 saturated heterocycles. The molecule has 2 amide bonds. The summed E-state index contributed by atoms with van der Waals surface area (Å²) >= 11 is 1.48. The van der Waals surface area contributed by atoms with Crippen LogP contribution in [-0.4, -0.2) is 43.3 Å². The van der Waals surface area contributed by atoms with Crippen LogP contribution in [0.3, 0.4) is 0 Å². The first kappa shape index (κ1) is 16.6. The van der Waals surface area contributed by atoms with Crippen molar-refractivity contribution in [1.29, 1.82) is 0 Å². The Bertz CT molecular complexity index is 422. The van der Waals surface area contributed by atoms with Crippen LogP contribution >= 0.6 is 11.3 Å². The van der Waals surface area contributed by atoms with Crippen LogP contribution in [0.15, 0.2) is 17.5 Å². The van der Waals surface area contributed by atoms with E-state index in [2.05, 4.69) is 10.6 Å². The Morgan fingerprint density at radius 2 is 2.25 bits per heavy atom. The third-order valence-electron chi connectivity index (χ3n) is 2.55. The summed E-state index contributed by atoms with van der Waals surface area (Å²) < 4.78 is 4.77. The van der Waals surface area contributed by atoms with E-state index in [1.807, 2.05) is 17.5 Å². The highest BCUT2D eigenvalue weighted by Crippen LogP contribution is 2.21. The number of methoxy groups -OCH3 is 1. The van der Waals surface area contributed by atoms with Gasteiger partial charge in [-0.2, -0.15) is 0 Å². The van der Waals surface area contributed by atoms with Crippen molar-refractivity contribution in [2.24, 2.45) is 0 Å². The summed E-state index contributed by atoms with van der Waals surface area (Å²) in [6.45, 7) is 1.71. The smallest absolute Gasteiger partial charge is 0.222 e. The highest BCUT2D eigenvalue weighted by molar-refractivity contribution is 7.10. The average molecular weight is 300 g/mol. The van der Waals surface area contributed by atoms with E-state index in [1.54, 1.807) is 0 Å². The van der Waals surface area contributed by atoms with Gasteiger partial charge in [0, 0.05) is 25.5 Å². The van der Waals surface area contributed by atoms with Gasteiger partial charge in [-0.25, -0.2) is 0 Å². The number of nitrogens with one attached hydrogen (secondary N) is 2. The van der Waals surface area contributed by atoms with E-state index in [1.165, 1.54) is 25.4 Å². The second-order valence-electron chi connectivity index (χ2n) is 4.39. The van der Waals surface area contributed by atoms with Gasteiger partial charge < -0.3 is 20.5 Å². The minimum absolute atomic E-state index is 0.129. The van der Waals surface area contributed by atoms with Gasteiger partial charge in [-0.1, -0.05) is 6.07 Å². The van der Waals surface area contributed by atoms with E-state index in [9.17, 15) is 14.7 Å². The maximum absolute atomic E-state index is 11.8. The monoisotopic (exact) mass is 300 g/mol. The third kappa shape index (κ3) is 6.14. The number of ether oxygens (including phenoxy) is 1. The summed E-state index contributed by atoms with van der Waals surface area (Å²) in [6, 6.07) is 3.40.